The summed E-state index contributed by atoms with van der Waals surface area (Å²) < 4.78 is 0.940. The van der Waals surface area contributed by atoms with E-state index in [1.54, 1.807) is 6.08 Å². The second-order valence-corrected chi connectivity index (χ2v) is 5.23. The number of benzene rings is 1. The van der Waals surface area contributed by atoms with Gasteiger partial charge in [-0.2, -0.15) is 0 Å². The van der Waals surface area contributed by atoms with Crippen molar-refractivity contribution in [2.75, 3.05) is 17.2 Å². The molecule has 6 heteroatoms. The number of nitrogens with one attached hydrogen (secondary N) is 2. The lowest BCUT2D eigenvalue weighted by Gasteiger charge is -2.07. The van der Waals surface area contributed by atoms with Gasteiger partial charge in [-0.15, -0.1) is 6.58 Å². The molecule has 0 aliphatic rings. The Morgan fingerprint density at radius 2 is 2.19 bits per heavy atom. The minimum Gasteiger partial charge on any atom is -0.365 e. The highest BCUT2D eigenvalue weighted by atomic mass is 79.9. The molecule has 0 aliphatic carbocycles. The lowest BCUT2D eigenvalue weighted by molar-refractivity contribution is 0.102. The van der Waals surface area contributed by atoms with Crippen LogP contribution in [-0.4, -0.2) is 22.4 Å². The molecule has 0 radical (unpaired) electrons. The molecule has 1 heterocycles. The van der Waals surface area contributed by atoms with E-state index in [0.29, 0.717) is 18.1 Å². The summed E-state index contributed by atoms with van der Waals surface area (Å²) in [6.45, 7) is 6.18. The Morgan fingerprint density at radius 3 is 2.81 bits per heavy atom. The van der Waals surface area contributed by atoms with Crippen LogP contribution in [0, 0.1) is 6.92 Å². The van der Waals surface area contributed by atoms with Crippen molar-refractivity contribution in [1.82, 2.24) is 9.97 Å². The quantitative estimate of drug-likeness (QED) is 0.814. The highest BCUT2D eigenvalue weighted by Gasteiger charge is 2.09. The van der Waals surface area contributed by atoms with Crippen molar-refractivity contribution in [3.63, 3.8) is 0 Å². The van der Waals surface area contributed by atoms with Gasteiger partial charge >= 0.3 is 0 Å². The Balaban J connectivity index is 2.05. The summed E-state index contributed by atoms with van der Waals surface area (Å²) in [4.78, 5) is 20.3. The number of amides is 1. The van der Waals surface area contributed by atoms with Gasteiger partial charge in [0, 0.05) is 16.7 Å². The van der Waals surface area contributed by atoms with Crippen molar-refractivity contribution in [2.24, 2.45) is 0 Å². The number of aryl methyl sites for hydroxylation is 1. The fourth-order valence-corrected chi connectivity index (χ4v) is 1.96. The standard InChI is InChI=1S/C15H15BrN4O/c1-3-6-17-14-9-18-13(8-19-14)15(21)20-11-5-4-10(2)12(16)7-11/h3-5,7-9H,1,6H2,2H3,(H,17,19)(H,20,21). The van der Waals surface area contributed by atoms with Gasteiger partial charge in [-0.25, -0.2) is 9.97 Å². The first-order valence-electron chi connectivity index (χ1n) is 6.34. The predicted octanol–water partition coefficient (Wildman–Crippen LogP) is 3.40. The molecule has 21 heavy (non-hydrogen) atoms. The molecule has 0 saturated carbocycles. The van der Waals surface area contributed by atoms with Crippen molar-refractivity contribution >= 4 is 33.3 Å². The SMILES string of the molecule is C=CCNc1cnc(C(=O)Nc2ccc(C)c(Br)c2)cn1. The van der Waals surface area contributed by atoms with E-state index in [1.165, 1.54) is 12.4 Å². The summed E-state index contributed by atoms with van der Waals surface area (Å²) in [5.74, 6) is 0.304. The molecule has 0 spiro atoms. The maximum atomic E-state index is 12.1. The molecule has 0 bridgehead atoms. The first kappa shape index (κ1) is 15.2. The second-order valence-electron chi connectivity index (χ2n) is 4.37. The monoisotopic (exact) mass is 346 g/mol. The largest absolute Gasteiger partial charge is 0.365 e. The van der Waals surface area contributed by atoms with Crippen LogP contribution >= 0.6 is 15.9 Å². The van der Waals surface area contributed by atoms with Crippen molar-refractivity contribution in [3.05, 3.63) is 59.0 Å². The van der Waals surface area contributed by atoms with Gasteiger partial charge in [0.1, 0.15) is 11.5 Å². The normalized spacial score (nSPS) is 10.0. The van der Waals surface area contributed by atoms with Gasteiger partial charge in [0.2, 0.25) is 0 Å². The first-order valence-corrected chi connectivity index (χ1v) is 7.14. The van der Waals surface area contributed by atoms with Gasteiger partial charge in [0.05, 0.1) is 12.4 Å². The molecule has 5 nitrogen and oxygen atoms in total. The molecular formula is C15H15BrN4O. The molecule has 2 rings (SSSR count). The van der Waals surface area contributed by atoms with E-state index in [-0.39, 0.29) is 11.6 Å². The van der Waals surface area contributed by atoms with E-state index in [2.05, 4.69) is 43.1 Å². The number of hydrogen-bond donors (Lipinski definition) is 2. The number of nitrogens with zero attached hydrogens (tertiary/aromatic N) is 2. The molecule has 0 saturated heterocycles. The van der Waals surface area contributed by atoms with Crippen molar-refractivity contribution < 1.29 is 4.79 Å². The second kappa shape index (κ2) is 6.99. The summed E-state index contributed by atoms with van der Waals surface area (Å²) in [6, 6.07) is 5.61. The number of halogens is 1. The fraction of sp³-hybridized carbons (Fsp3) is 0.133. The van der Waals surface area contributed by atoms with Crippen LogP contribution in [0.4, 0.5) is 11.5 Å². The van der Waals surface area contributed by atoms with Crippen LogP contribution in [0.3, 0.4) is 0 Å². The Kier molecular flexibility index (Phi) is 5.05. The number of carbonyl (C=O) groups is 1. The molecule has 0 fully saturated rings. The van der Waals surface area contributed by atoms with Gasteiger partial charge in [0.15, 0.2) is 0 Å². The topological polar surface area (TPSA) is 66.9 Å². The van der Waals surface area contributed by atoms with E-state index in [1.807, 2.05) is 25.1 Å². The summed E-state index contributed by atoms with van der Waals surface area (Å²) >= 11 is 3.43. The molecule has 2 aromatic rings. The molecule has 1 amide bonds. The molecule has 0 aliphatic heterocycles. The molecule has 0 atom stereocenters. The zero-order chi connectivity index (χ0) is 15.2. The Labute approximate surface area is 131 Å². The molecule has 1 aromatic heterocycles. The van der Waals surface area contributed by atoms with E-state index in [4.69, 9.17) is 0 Å². The van der Waals surface area contributed by atoms with Gasteiger partial charge in [0.25, 0.3) is 5.91 Å². The molecule has 108 valence electrons. The van der Waals surface area contributed by atoms with Crippen LogP contribution in [0.15, 0.2) is 47.7 Å². The third kappa shape index (κ3) is 4.13. The average molecular weight is 347 g/mol. The molecular weight excluding hydrogens is 332 g/mol. The van der Waals surface area contributed by atoms with E-state index < -0.39 is 0 Å². The number of aromatic nitrogens is 2. The van der Waals surface area contributed by atoms with Gasteiger partial charge in [-0.3, -0.25) is 4.79 Å². The predicted molar refractivity (Wildman–Crippen MR) is 87.6 cm³/mol. The smallest absolute Gasteiger partial charge is 0.275 e. The Hall–Kier alpha value is -2.21. The summed E-state index contributed by atoms with van der Waals surface area (Å²) in [7, 11) is 0. The zero-order valence-electron chi connectivity index (χ0n) is 11.6. The highest BCUT2D eigenvalue weighted by Crippen LogP contribution is 2.20. The number of hydrogen-bond acceptors (Lipinski definition) is 4. The van der Waals surface area contributed by atoms with E-state index >= 15 is 0 Å². The van der Waals surface area contributed by atoms with Crippen LogP contribution in [0.2, 0.25) is 0 Å². The number of rotatable bonds is 5. The molecule has 2 N–H and O–H groups in total. The summed E-state index contributed by atoms with van der Waals surface area (Å²) in [6.07, 6.45) is 4.67. The Bertz CT molecular complexity index is 655. The van der Waals surface area contributed by atoms with Gasteiger partial charge in [-0.05, 0) is 24.6 Å². The van der Waals surface area contributed by atoms with Gasteiger partial charge < -0.3 is 10.6 Å². The average Bonchev–Trinajstić information content (AvgIpc) is 2.49. The lowest BCUT2D eigenvalue weighted by Crippen LogP contribution is -2.14. The molecule has 1 aromatic carbocycles. The minimum atomic E-state index is -0.298. The highest BCUT2D eigenvalue weighted by molar-refractivity contribution is 9.10. The van der Waals surface area contributed by atoms with Crippen molar-refractivity contribution in [1.29, 1.82) is 0 Å². The summed E-state index contributed by atoms with van der Waals surface area (Å²) in [5.41, 5.74) is 2.06. The maximum Gasteiger partial charge on any atom is 0.275 e. The zero-order valence-corrected chi connectivity index (χ0v) is 13.1. The first-order chi connectivity index (χ1) is 10.1. The van der Waals surface area contributed by atoms with Crippen molar-refractivity contribution in [2.45, 2.75) is 6.92 Å². The maximum absolute atomic E-state index is 12.1. The third-order valence-corrected chi connectivity index (χ3v) is 3.60. The van der Waals surface area contributed by atoms with Crippen LogP contribution in [0.25, 0.3) is 0 Å². The number of anilines is 2. The van der Waals surface area contributed by atoms with Crippen LogP contribution in [0.5, 0.6) is 0 Å². The summed E-state index contributed by atoms with van der Waals surface area (Å²) in [5, 5.41) is 5.78. The van der Waals surface area contributed by atoms with Crippen LogP contribution in [-0.2, 0) is 0 Å². The third-order valence-electron chi connectivity index (χ3n) is 2.74. The van der Waals surface area contributed by atoms with Crippen molar-refractivity contribution in [3.8, 4) is 0 Å². The van der Waals surface area contributed by atoms with Gasteiger partial charge in [-0.1, -0.05) is 28.1 Å². The fourth-order valence-electron chi connectivity index (χ4n) is 1.58. The lowest BCUT2D eigenvalue weighted by atomic mass is 10.2. The van der Waals surface area contributed by atoms with Crippen LogP contribution < -0.4 is 10.6 Å². The Morgan fingerprint density at radius 1 is 1.38 bits per heavy atom. The van der Waals surface area contributed by atoms with E-state index in [0.717, 1.165) is 10.0 Å². The molecule has 0 unspecified atom stereocenters. The van der Waals surface area contributed by atoms with Crippen LogP contribution in [0.1, 0.15) is 16.1 Å². The van der Waals surface area contributed by atoms with E-state index in [9.17, 15) is 4.79 Å². The minimum absolute atomic E-state index is 0.260. The number of carbonyl (C=O) groups excluding carboxylic acids is 1.